The summed E-state index contributed by atoms with van der Waals surface area (Å²) in [7, 11) is 0. The number of carbonyl (C=O) groups excluding carboxylic acids is 1. The Morgan fingerprint density at radius 1 is 1.24 bits per heavy atom. The Bertz CT molecular complexity index is 444. The van der Waals surface area contributed by atoms with Crippen molar-refractivity contribution >= 4 is 5.91 Å². The lowest BCUT2D eigenvalue weighted by molar-refractivity contribution is -0.132. The number of hydrogen-bond acceptors (Lipinski definition) is 2. The molecule has 3 nitrogen and oxygen atoms in total. The van der Waals surface area contributed by atoms with Gasteiger partial charge in [-0.2, -0.15) is 0 Å². The minimum absolute atomic E-state index is 0.00222. The highest BCUT2D eigenvalue weighted by atomic mass is 16.3. The van der Waals surface area contributed by atoms with E-state index >= 15 is 0 Å². The zero-order valence-corrected chi connectivity index (χ0v) is 9.80. The van der Waals surface area contributed by atoms with Gasteiger partial charge in [0.2, 0.25) is 5.91 Å². The molecule has 1 aromatic carbocycles. The van der Waals surface area contributed by atoms with Crippen molar-refractivity contribution in [3.05, 3.63) is 35.4 Å². The first kappa shape index (κ1) is 10.8. The van der Waals surface area contributed by atoms with E-state index in [2.05, 4.69) is 18.2 Å². The van der Waals surface area contributed by atoms with Crippen LogP contribution >= 0.6 is 0 Å². The Hall–Kier alpha value is -1.35. The van der Waals surface area contributed by atoms with Gasteiger partial charge in [0.15, 0.2) is 0 Å². The van der Waals surface area contributed by atoms with Crippen LogP contribution in [-0.4, -0.2) is 28.6 Å². The van der Waals surface area contributed by atoms with E-state index in [0.29, 0.717) is 6.42 Å². The molecule has 0 unspecified atom stereocenters. The second-order valence-electron chi connectivity index (χ2n) is 4.93. The summed E-state index contributed by atoms with van der Waals surface area (Å²) in [4.78, 5) is 13.9. The number of amides is 1. The van der Waals surface area contributed by atoms with Crippen LogP contribution in [0.25, 0.3) is 0 Å². The van der Waals surface area contributed by atoms with Gasteiger partial charge in [0, 0.05) is 6.42 Å². The number of fused-ring (bicyclic) bond motifs is 3. The largest absolute Gasteiger partial charge is 0.394 e. The van der Waals surface area contributed by atoms with Crippen LogP contribution in [0.4, 0.5) is 0 Å². The third kappa shape index (κ3) is 1.65. The van der Waals surface area contributed by atoms with Crippen molar-refractivity contribution < 1.29 is 9.90 Å². The molecule has 1 amide bonds. The normalized spacial score (nSPS) is 27.6. The molecular formula is C14H17NO2. The van der Waals surface area contributed by atoms with Crippen LogP contribution in [0.15, 0.2) is 24.3 Å². The molecule has 0 radical (unpaired) electrons. The first-order chi connectivity index (χ1) is 8.31. The molecule has 2 aliphatic heterocycles. The Balaban J connectivity index is 2.05. The molecule has 17 heavy (non-hydrogen) atoms. The molecule has 0 bridgehead atoms. The number of rotatable bonds is 1. The fourth-order valence-electron chi connectivity index (χ4n) is 3.19. The van der Waals surface area contributed by atoms with E-state index in [1.165, 1.54) is 11.1 Å². The van der Waals surface area contributed by atoms with E-state index in [4.69, 9.17) is 0 Å². The van der Waals surface area contributed by atoms with E-state index in [1.807, 2.05) is 11.0 Å². The lowest BCUT2D eigenvalue weighted by Gasteiger charge is -2.30. The van der Waals surface area contributed by atoms with Crippen LogP contribution in [-0.2, 0) is 11.2 Å². The molecule has 1 N–H and O–H groups in total. The SMILES string of the molecule is O=C1CC[C@H]2c3ccccc3CC[C@@H](CO)N12. The third-order valence-corrected chi connectivity index (χ3v) is 4.02. The number of aliphatic hydroxyl groups is 1. The molecule has 1 aromatic rings. The average Bonchev–Trinajstić information content (AvgIpc) is 2.66. The molecular weight excluding hydrogens is 214 g/mol. The maximum atomic E-state index is 12.0. The summed E-state index contributed by atoms with van der Waals surface area (Å²) in [6.45, 7) is 0.0796. The first-order valence-electron chi connectivity index (χ1n) is 6.31. The highest BCUT2D eigenvalue weighted by Crippen LogP contribution is 2.39. The van der Waals surface area contributed by atoms with Gasteiger partial charge in [-0.05, 0) is 30.4 Å². The zero-order valence-electron chi connectivity index (χ0n) is 9.80. The van der Waals surface area contributed by atoms with Gasteiger partial charge in [-0.15, -0.1) is 0 Å². The highest BCUT2D eigenvalue weighted by Gasteiger charge is 2.39. The van der Waals surface area contributed by atoms with Gasteiger partial charge in [-0.25, -0.2) is 0 Å². The average molecular weight is 231 g/mol. The van der Waals surface area contributed by atoms with Crippen molar-refractivity contribution in [1.82, 2.24) is 4.90 Å². The first-order valence-corrected chi connectivity index (χ1v) is 6.31. The van der Waals surface area contributed by atoms with Crippen LogP contribution in [0, 0.1) is 0 Å². The van der Waals surface area contributed by atoms with Crippen LogP contribution in [0.1, 0.15) is 36.4 Å². The molecule has 0 aromatic heterocycles. The minimum Gasteiger partial charge on any atom is -0.394 e. The van der Waals surface area contributed by atoms with E-state index in [-0.39, 0.29) is 24.6 Å². The summed E-state index contributed by atoms with van der Waals surface area (Å²) < 4.78 is 0. The number of benzene rings is 1. The molecule has 2 aliphatic rings. The summed E-state index contributed by atoms with van der Waals surface area (Å²) in [6.07, 6.45) is 3.35. The molecule has 1 saturated heterocycles. The lowest BCUT2D eigenvalue weighted by atomic mass is 9.97. The Kier molecular flexibility index (Phi) is 2.63. The summed E-state index contributed by atoms with van der Waals surface area (Å²) >= 11 is 0. The zero-order chi connectivity index (χ0) is 11.8. The summed E-state index contributed by atoms with van der Waals surface area (Å²) in [6, 6.07) is 8.57. The quantitative estimate of drug-likeness (QED) is 0.798. The molecule has 3 heteroatoms. The summed E-state index contributed by atoms with van der Waals surface area (Å²) in [5.74, 6) is 0.200. The molecule has 0 spiro atoms. The fourth-order valence-corrected chi connectivity index (χ4v) is 3.19. The Labute approximate surface area is 101 Å². The van der Waals surface area contributed by atoms with Crippen molar-refractivity contribution in [2.75, 3.05) is 6.61 Å². The van der Waals surface area contributed by atoms with E-state index in [9.17, 15) is 9.90 Å². The Morgan fingerprint density at radius 2 is 2.06 bits per heavy atom. The van der Waals surface area contributed by atoms with E-state index in [0.717, 1.165) is 19.3 Å². The fraction of sp³-hybridized carbons (Fsp3) is 0.500. The van der Waals surface area contributed by atoms with E-state index in [1.54, 1.807) is 0 Å². The number of nitrogens with zero attached hydrogens (tertiary/aromatic N) is 1. The van der Waals surface area contributed by atoms with Crippen molar-refractivity contribution in [3.63, 3.8) is 0 Å². The minimum atomic E-state index is 0.00222. The molecule has 2 heterocycles. The summed E-state index contributed by atoms with van der Waals surface area (Å²) in [5.41, 5.74) is 2.63. The van der Waals surface area contributed by atoms with Gasteiger partial charge >= 0.3 is 0 Å². The van der Waals surface area contributed by atoms with Gasteiger partial charge in [0.25, 0.3) is 0 Å². The third-order valence-electron chi connectivity index (χ3n) is 4.02. The maximum absolute atomic E-state index is 12.0. The summed E-state index contributed by atoms with van der Waals surface area (Å²) in [5, 5.41) is 9.47. The maximum Gasteiger partial charge on any atom is 0.223 e. The van der Waals surface area contributed by atoms with Crippen molar-refractivity contribution in [2.24, 2.45) is 0 Å². The molecule has 2 atom stereocenters. The molecule has 90 valence electrons. The second kappa shape index (κ2) is 4.15. The van der Waals surface area contributed by atoms with Crippen LogP contribution < -0.4 is 0 Å². The topological polar surface area (TPSA) is 40.5 Å². The number of carbonyl (C=O) groups is 1. The predicted octanol–water partition coefficient (Wildman–Crippen LogP) is 1.66. The van der Waals surface area contributed by atoms with Gasteiger partial charge in [-0.1, -0.05) is 24.3 Å². The van der Waals surface area contributed by atoms with Crippen molar-refractivity contribution in [3.8, 4) is 0 Å². The number of aryl methyl sites for hydroxylation is 1. The van der Waals surface area contributed by atoms with Crippen LogP contribution in [0.5, 0.6) is 0 Å². The van der Waals surface area contributed by atoms with Crippen LogP contribution in [0.3, 0.4) is 0 Å². The number of hydrogen-bond donors (Lipinski definition) is 1. The second-order valence-corrected chi connectivity index (χ2v) is 4.93. The smallest absolute Gasteiger partial charge is 0.223 e. The van der Waals surface area contributed by atoms with E-state index < -0.39 is 0 Å². The monoisotopic (exact) mass is 231 g/mol. The van der Waals surface area contributed by atoms with Gasteiger partial charge in [-0.3, -0.25) is 4.79 Å². The Morgan fingerprint density at radius 3 is 2.88 bits per heavy atom. The molecule has 3 rings (SSSR count). The standard InChI is InChI=1S/C14H17NO2/c16-9-11-6-5-10-3-1-2-4-12(10)13-7-8-14(17)15(11)13/h1-4,11,13,16H,5-9H2/t11-,13-/m0/s1. The molecule has 0 aliphatic carbocycles. The van der Waals surface area contributed by atoms with Crippen molar-refractivity contribution in [2.45, 2.75) is 37.8 Å². The molecule has 0 saturated carbocycles. The van der Waals surface area contributed by atoms with Gasteiger partial charge in [0.1, 0.15) is 0 Å². The molecule has 1 fully saturated rings. The highest BCUT2D eigenvalue weighted by molar-refractivity contribution is 5.79. The van der Waals surface area contributed by atoms with Gasteiger partial charge < -0.3 is 10.0 Å². The predicted molar refractivity (Wildman–Crippen MR) is 64.5 cm³/mol. The van der Waals surface area contributed by atoms with Crippen molar-refractivity contribution in [1.29, 1.82) is 0 Å². The number of aliphatic hydroxyl groups excluding tert-OH is 1. The van der Waals surface area contributed by atoms with Crippen LogP contribution in [0.2, 0.25) is 0 Å². The lowest BCUT2D eigenvalue weighted by Crippen LogP contribution is -2.39. The van der Waals surface area contributed by atoms with Gasteiger partial charge in [0.05, 0.1) is 18.7 Å².